The zero-order valence-corrected chi connectivity index (χ0v) is 18.5. The molecule has 7 nitrogen and oxygen atoms in total. The average Bonchev–Trinajstić information content (AvgIpc) is 2.88. The number of amides is 3. The van der Waals surface area contributed by atoms with Gasteiger partial charge in [0.1, 0.15) is 0 Å². The van der Waals surface area contributed by atoms with E-state index in [0.29, 0.717) is 30.0 Å². The van der Waals surface area contributed by atoms with Crippen molar-refractivity contribution in [1.82, 2.24) is 15.6 Å². The van der Waals surface area contributed by atoms with Gasteiger partial charge in [-0.25, -0.2) is 4.79 Å². The fourth-order valence-electron chi connectivity index (χ4n) is 3.36. The molecule has 3 aromatic carbocycles. The monoisotopic (exact) mass is 451 g/mol. The lowest BCUT2D eigenvalue weighted by Gasteiger charge is -2.10. The molecular weight excluding hydrogens is 426 g/mol. The Hall–Kier alpha value is -4.65. The third kappa shape index (κ3) is 5.98. The van der Waals surface area contributed by atoms with Gasteiger partial charge >= 0.3 is 6.03 Å². The summed E-state index contributed by atoms with van der Waals surface area (Å²) in [5.41, 5.74) is 11.4. The van der Waals surface area contributed by atoms with Crippen molar-refractivity contribution >= 4 is 23.3 Å². The van der Waals surface area contributed by atoms with Crippen LogP contribution in [0.1, 0.15) is 21.5 Å². The summed E-state index contributed by atoms with van der Waals surface area (Å²) in [4.78, 5) is 28.5. The Bertz CT molecular complexity index is 1260. The van der Waals surface area contributed by atoms with Gasteiger partial charge in [-0.1, -0.05) is 66.7 Å². The van der Waals surface area contributed by atoms with Crippen LogP contribution in [-0.2, 0) is 13.1 Å². The summed E-state index contributed by atoms with van der Waals surface area (Å²) in [6, 6.07) is 26.6. The smallest absolute Gasteiger partial charge is 0.315 e. The van der Waals surface area contributed by atoms with Gasteiger partial charge in [-0.15, -0.1) is 0 Å². The van der Waals surface area contributed by atoms with Crippen molar-refractivity contribution in [1.29, 1.82) is 0 Å². The van der Waals surface area contributed by atoms with Crippen molar-refractivity contribution in [3.63, 3.8) is 0 Å². The largest absolute Gasteiger partial charge is 0.396 e. The molecule has 0 atom stereocenters. The van der Waals surface area contributed by atoms with Crippen LogP contribution in [-0.4, -0.2) is 16.9 Å². The standard InChI is InChI=1S/C27H25N5O2/c28-24-18-29-15-14-25(24)32-26(33)23-12-8-20(9-13-23)17-31-27(34)30-16-19-6-10-22(11-7-19)21-4-2-1-3-5-21/h1-15,18H,16-17,28H2,(H,29,32,33)(H2,30,31,34). The van der Waals surface area contributed by atoms with Crippen LogP contribution in [0.25, 0.3) is 11.1 Å². The van der Waals surface area contributed by atoms with Crippen molar-refractivity contribution < 1.29 is 9.59 Å². The maximum atomic E-state index is 12.4. The quantitative estimate of drug-likeness (QED) is 0.330. The SMILES string of the molecule is Nc1cnccc1NC(=O)c1ccc(CNC(=O)NCc2ccc(-c3ccccc3)cc2)cc1. The maximum absolute atomic E-state index is 12.4. The first-order valence-corrected chi connectivity index (χ1v) is 10.8. The first kappa shape index (κ1) is 22.5. The molecule has 170 valence electrons. The highest BCUT2D eigenvalue weighted by molar-refractivity contribution is 6.05. The summed E-state index contributed by atoms with van der Waals surface area (Å²) in [6.45, 7) is 0.774. The van der Waals surface area contributed by atoms with Crippen LogP contribution < -0.4 is 21.7 Å². The second kappa shape index (κ2) is 10.8. The maximum Gasteiger partial charge on any atom is 0.315 e. The average molecular weight is 452 g/mol. The molecule has 0 saturated carbocycles. The number of pyridine rings is 1. The van der Waals surface area contributed by atoms with E-state index in [2.05, 4.69) is 33.1 Å². The van der Waals surface area contributed by atoms with Crippen LogP contribution in [0, 0.1) is 0 Å². The van der Waals surface area contributed by atoms with Crippen molar-refractivity contribution in [2.45, 2.75) is 13.1 Å². The van der Waals surface area contributed by atoms with Crippen LogP contribution in [0.2, 0.25) is 0 Å². The van der Waals surface area contributed by atoms with Crippen LogP contribution >= 0.6 is 0 Å². The van der Waals surface area contributed by atoms with Gasteiger partial charge in [0.25, 0.3) is 5.91 Å². The van der Waals surface area contributed by atoms with Gasteiger partial charge < -0.3 is 21.7 Å². The summed E-state index contributed by atoms with van der Waals surface area (Å²) in [5.74, 6) is -0.270. The number of carbonyl (C=O) groups excluding carboxylic acids is 2. The molecule has 5 N–H and O–H groups in total. The molecule has 0 aliphatic rings. The zero-order valence-electron chi connectivity index (χ0n) is 18.5. The first-order valence-electron chi connectivity index (χ1n) is 10.8. The Kier molecular flexibility index (Phi) is 7.15. The lowest BCUT2D eigenvalue weighted by molar-refractivity contribution is 0.102. The summed E-state index contributed by atoms with van der Waals surface area (Å²) < 4.78 is 0. The molecule has 0 spiro atoms. The molecule has 4 aromatic rings. The summed E-state index contributed by atoms with van der Waals surface area (Å²) >= 11 is 0. The molecule has 0 aliphatic carbocycles. The van der Waals surface area contributed by atoms with Crippen molar-refractivity contribution in [2.75, 3.05) is 11.1 Å². The normalized spacial score (nSPS) is 10.4. The number of hydrogen-bond acceptors (Lipinski definition) is 4. The number of aromatic nitrogens is 1. The molecule has 0 fully saturated rings. The second-order valence-electron chi connectivity index (χ2n) is 7.71. The molecule has 34 heavy (non-hydrogen) atoms. The Morgan fingerprint density at radius 2 is 1.32 bits per heavy atom. The zero-order chi connectivity index (χ0) is 23.8. The molecule has 4 rings (SSSR count). The summed E-state index contributed by atoms with van der Waals surface area (Å²) in [6.07, 6.45) is 3.04. The lowest BCUT2D eigenvalue weighted by Crippen LogP contribution is -2.34. The van der Waals surface area contributed by atoms with Gasteiger partial charge in [-0.2, -0.15) is 0 Å². The van der Waals surface area contributed by atoms with E-state index in [1.165, 1.54) is 6.20 Å². The third-order valence-electron chi connectivity index (χ3n) is 5.28. The number of urea groups is 1. The van der Waals surface area contributed by atoms with E-state index in [0.717, 1.165) is 22.3 Å². The van der Waals surface area contributed by atoms with E-state index in [4.69, 9.17) is 5.73 Å². The van der Waals surface area contributed by atoms with E-state index in [1.807, 2.05) is 42.5 Å². The Balaban J connectivity index is 1.23. The predicted molar refractivity (Wildman–Crippen MR) is 134 cm³/mol. The summed E-state index contributed by atoms with van der Waals surface area (Å²) in [7, 11) is 0. The van der Waals surface area contributed by atoms with E-state index >= 15 is 0 Å². The van der Waals surface area contributed by atoms with E-state index in [1.54, 1.807) is 36.5 Å². The van der Waals surface area contributed by atoms with Crippen LogP contribution in [0.15, 0.2) is 97.3 Å². The number of benzene rings is 3. The topological polar surface area (TPSA) is 109 Å². The molecular formula is C27H25N5O2. The Labute approximate surface area is 198 Å². The molecule has 7 heteroatoms. The Morgan fingerprint density at radius 3 is 1.94 bits per heavy atom. The minimum Gasteiger partial charge on any atom is -0.396 e. The van der Waals surface area contributed by atoms with Crippen molar-refractivity contribution in [3.05, 3.63) is 114 Å². The molecule has 0 unspecified atom stereocenters. The molecule has 0 aliphatic heterocycles. The van der Waals surface area contributed by atoms with Crippen LogP contribution in [0.3, 0.4) is 0 Å². The highest BCUT2D eigenvalue weighted by Gasteiger charge is 2.08. The first-order chi connectivity index (χ1) is 16.6. The van der Waals surface area contributed by atoms with Crippen molar-refractivity contribution in [2.24, 2.45) is 0 Å². The number of carbonyl (C=O) groups is 2. The molecule has 0 radical (unpaired) electrons. The third-order valence-corrected chi connectivity index (χ3v) is 5.28. The van der Waals surface area contributed by atoms with Gasteiger partial charge in [0, 0.05) is 24.8 Å². The molecule has 0 saturated heterocycles. The molecule has 0 bridgehead atoms. The number of nitrogen functional groups attached to an aromatic ring is 1. The van der Waals surface area contributed by atoms with Crippen LogP contribution in [0.4, 0.5) is 16.2 Å². The number of nitrogens with two attached hydrogens (primary N) is 1. The van der Waals surface area contributed by atoms with Gasteiger partial charge in [0.15, 0.2) is 0 Å². The Morgan fingerprint density at radius 1 is 0.735 bits per heavy atom. The number of nitrogens with one attached hydrogen (secondary N) is 3. The number of nitrogens with zero attached hydrogens (tertiary/aromatic N) is 1. The highest BCUT2D eigenvalue weighted by Crippen LogP contribution is 2.19. The predicted octanol–water partition coefficient (Wildman–Crippen LogP) is 4.58. The van der Waals surface area contributed by atoms with Gasteiger partial charge in [0.05, 0.1) is 17.6 Å². The minimum absolute atomic E-state index is 0.262. The van der Waals surface area contributed by atoms with E-state index in [9.17, 15) is 9.59 Å². The summed E-state index contributed by atoms with van der Waals surface area (Å²) in [5, 5.41) is 8.45. The molecule has 1 aromatic heterocycles. The van der Waals surface area contributed by atoms with E-state index < -0.39 is 0 Å². The fraction of sp³-hybridized carbons (Fsp3) is 0.0741. The number of anilines is 2. The number of hydrogen-bond donors (Lipinski definition) is 4. The van der Waals surface area contributed by atoms with Crippen molar-refractivity contribution in [3.8, 4) is 11.1 Å². The van der Waals surface area contributed by atoms with E-state index in [-0.39, 0.29) is 11.9 Å². The van der Waals surface area contributed by atoms with Gasteiger partial charge in [-0.05, 0) is 40.5 Å². The van der Waals surface area contributed by atoms with Gasteiger partial charge in [0.2, 0.25) is 0 Å². The number of rotatable bonds is 7. The van der Waals surface area contributed by atoms with Crippen LogP contribution in [0.5, 0.6) is 0 Å². The lowest BCUT2D eigenvalue weighted by atomic mass is 10.0. The fourth-order valence-corrected chi connectivity index (χ4v) is 3.36. The second-order valence-corrected chi connectivity index (χ2v) is 7.71. The highest BCUT2D eigenvalue weighted by atomic mass is 16.2. The molecule has 1 heterocycles. The molecule has 3 amide bonds. The minimum atomic E-state index is -0.270. The van der Waals surface area contributed by atoms with Gasteiger partial charge in [-0.3, -0.25) is 9.78 Å².